The highest BCUT2D eigenvalue weighted by atomic mass is 16.6. The molecule has 23 heavy (non-hydrogen) atoms. The molecule has 0 aromatic heterocycles. The van der Waals surface area contributed by atoms with Crippen molar-refractivity contribution in [3.63, 3.8) is 0 Å². The van der Waals surface area contributed by atoms with Gasteiger partial charge in [-0.15, -0.1) is 0 Å². The first-order valence-corrected chi connectivity index (χ1v) is 8.18. The van der Waals surface area contributed by atoms with Gasteiger partial charge in [-0.2, -0.15) is 0 Å². The molecule has 0 bridgehead atoms. The third-order valence-corrected chi connectivity index (χ3v) is 4.30. The van der Waals surface area contributed by atoms with Gasteiger partial charge in [0.25, 0.3) is 0 Å². The zero-order chi connectivity index (χ0) is 16.6. The molecule has 2 atom stereocenters. The van der Waals surface area contributed by atoms with Crippen LogP contribution in [0.4, 0.5) is 10.5 Å². The molecule has 1 amide bonds. The van der Waals surface area contributed by atoms with Crippen LogP contribution < -0.4 is 5.32 Å². The Morgan fingerprint density at radius 2 is 2.22 bits per heavy atom. The van der Waals surface area contributed by atoms with Crippen LogP contribution in [-0.4, -0.2) is 34.3 Å². The molecule has 2 unspecified atom stereocenters. The van der Waals surface area contributed by atoms with Crippen molar-refractivity contribution >= 4 is 17.9 Å². The molecule has 0 spiro atoms. The molecule has 0 radical (unpaired) electrons. The number of quaternary nitrogens is 1. The van der Waals surface area contributed by atoms with Crippen LogP contribution in [0, 0.1) is 0 Å². The number of nitrogens with two attached hydrogens (primary N) is 1. The second kappa shape index (κ2) is 5.98. The van der Waals surface area contributed by atoms with Crippen molar-refractivity contribution in [1.29, 1.82) is 0 Å². The number of carbonyl (C=O) groups excluding carboxylic acids is 1. The summed E-state index contributed by atoms with van der Waals surface area (Å²) in [6, 6.07) is 5.74. The van der Waals surface area contributed by atoms with Crippen LogP contribution in [0.25, 0.3) is 6.08 Å². The average Bonchev–Trinajstić information content (AvgIpc) is 3.12. The van der Waals surface area contributed by atoms with E-state index in [2.05, 4.69) is 0 Å². The maximum atomic E-state index is 12.4. The first-order chi connectivity index (χ1) is 10.8. The van der Waals surface area contributed by atoms with Gasteiger partial charge in [-0.3, -0.25) is 5.32 Å². The standard InChI is InChI=1S/C18H24N2O3/c1-18(2,3)23-17(22)20-10-4-5-15(20)16(21)13-7-6-12-8-9-19-14(12)11-13/h6-9,11,15-16,19,21H,4-5,10H2,1-3H3/p+1. The van der Waals surface area contributed by atoms with Gasteiger partial charge < -0.3 is 14.7 Å². The van der Waals surface area contributed by atoms with E-state index >= 15 is 0 Å². The van der Waals surface area contributed by atoms with Crippen molar-refractivity contribution < 1.29 is 20.0 Å². The van der Waals surface area contributed by atoms with Crippen molar-refractivity contribution in [2.75, 3.05) is 6.54 Å². The second-order valence-corrected chi connectivity index (χ2v) is 7.24. The number of amides is 1. The van der Waals surface area contributed by atoms with E-state index in [1.54, 1.807) is 4.90 Å². The fourth-order valence-electron chi connectivity index (χ4n) is 3.22. The zero-order valence-electron chi connectivity index (χ0n) is 14.0. The van der Waals surface area contributed by atoms with Gasteiger partial charge in [-0.1, -0.05) is 6.07 Å². The Bertz CT molecular complexity index is 634. The molecule has 1 aromatic carbocycles. The number of aliphatic hydroxyl groups is 1. The van der Waals surface area contributed by atoms with E-state index in [1.165, 1.54) is 0 Å². The van der Waals surface area contributed by atoms with E-state index in [0.29, 0.717) is 6.54 Å². The normalized spacial score (nSPS) is 21.4. The molecule has 124 valence electrons. The van der Waals surface area contributed by atoms with Crippen molar-refractivity contribution in [1.82, 2.24) is 4.90 Å². The van der Waals surface area contributed by atoms with Gasteiger partial charge in [-0.05, 0) is 45.2 Å². The number of hydrogen-bond acceptors (Lipinski definition) is 3. The third kappa shape index (κ3) is 3.41. The molecule has 1 fully saturated rings. The van der Waals surface area contributed by atoms with Gasteiger partial charge in [0.2, 0.25) is 0 Å². The minimum atomic E-state index is -0.690. The lowest BCUT2D eigenvalue weighted by molar-refractivity contribution is -0.491. The van der Waals surface area contributed by atoms with Gasteiger partial charge in [0.1, 0.15) is 11.3 Å². The number of carbonyl (C=O) groups is 1. The highest BCUT2D eigenvalue weighted by molar-refractivity contribution is 5.69. The molecule has 0 aliphatic carbocycles. The SMILES string of the molecule is CC(C)(C)OC(=O)N1CCCC1C(O)c1ccc2c(c1)[NH2+]C=C2. The largest absolute Gasteiger partial charge is 0.444 e. The summed E-state index contributed by atoms with van der Waals surface area (Å²) in [6.07, 6.45) is 4.70. The van der Waals surface area contributed by atoms with Gasteiger partial charge in [0.15, 0.2) is 0 Å². The van der Waals surface area contributed by atoms with Crippen molar-refractivity contribution in [3.8, 4) is 0 Å². The van der Waals surface area contributed by atoms with E-state index < -0.39 is 11.7 Å². The highest BCUT2D eigenvalue weighted by Gasteiger charge is 2.37. The number of hydrogen-bond donors (Lipinski definition) is 2. The highest BCUT2D eigenvalue weighted by Crippen LogP contribution is 2.32. The van der Waals surface area contributed by atoms with Gasteiger partial charge in [-0.25, -0.2) is 4.79 Å². The number of fused-ring (bicyclic) bond motifs is 1. The number of rotatable bonds is 2. The summed E-state index contributed by atoms with van der Waals surface area (Å²) >= 11 is 0. The molecule has 5 nitrogen and oxygen atoms in total. The summed E-state index contributed by atoms with van der Waals surface area (Å²) < 4.78 is 5.47. The topological polar surface area (TPSA) is 66.4 Å². The van der Waals surface area contributed by atoms with E-state index in [-0.39, 0.29) is 12.1 Å². The van der Waals surface area contributed by atoms with Crippen molar-refractivity contribution in [2.45, 2.75) is 51.4 Å². The van der Waals surface area contributed by atoms with Crippen LogP contribution in [0.1, 0.15) is 50.8 Å². The Morgan fingerprint density at radius 3 is 2.96 bits per heavy atom. The predicted octanol–water partition coefficient (Wildman–Crippen LogP) is 2.30. The van der Waals surface area contributed by atoms with Gasteiger partial charge >= 0.3 is 6.09 Å². The fourth-order valence-corrected chi connectivity index (χ4v) is 3.22. The smallest absolute Gasteiger partial charge is 0.410 e. The van der Waals surface area contributed by atoms with E-state index in [9.17, 15) is 9.90 Å². The number of aliphatic hydroxyl groups excluding tert-OH is 1. The molecule has 1 saturated heterocycles. The lowest BCUT2D eigenvalue weighted by Crippen LogP contribution is -2.69. The molecule has 1 aromatic rings. The number of nitrogens with zero attached hydrogens (tertiary/aromatic N) is 1. The molecular weight excluding hydrogens is 292 g/mol. The maximum absolute atomic E-state index is 12.4. The monoisotopic (exact) mass is 317 g/mol. The Kier molecular flexibility index (Phi) is 4.17. The summed E-state index contributed by atoms with van der Waals surface area (Å²) in [6.45, 7) is 6.20. The Labute approximate surface area is 136 Å². The van der Waals surface area contributed by atoms with Crippen LogP contribution in [-0.2, 0) is 4.74 Å². The quantitative estimate of drug-likeness (QED) is 0.823. The fraction of sp³-hybridized carbons (Fsp3) is 0.500. The molecule has 5 heteroatoms. The number of ether oxygens (including phenoxy) is 1. The van der Waals surface area contributed by atoms with E-state index in [1.807, 2.05) is 56.6 Å². The number of likely N-dealkylation sites (tertiary alicyclic amines) is 1. The molecule has 2 aliphatic rings. The minimum Gasteiger partial charge on any atom is -0.444 e. The van der Waals surface area contributed by atoms with Crippen molar-refractivity contribution in [2.24, 2.45) is 0 Å². The van der Waals surface area contributed by atoms with E-state index in [0.717, 1.165) is 29.7 Å². The zero-order valence-corrected chi connectivity index (χ0v) is 14.0. The van der Waals surface area contributed by atoms with Crippen LogP contribution >= 0.6 is 0 Å². The van der Waals surface area contributed by atoms with Crippen molar-refractivity contribution in [3.05, 3.63) is 35.5 Å². The van der Waals surface area contributed by atoms with E-state index in [4.69, 9.17) is 4.74 Å². The summed E-state index contributed by atoms with van der Waals surface area (Å²) in [5, 5.41) is 12.8. The molecule has 0 saturated carbocycles. The lowest BCUT2D eigenvalue weighted by atomic mass is 9.98. The van der Waals surface area contributed by atoms with Crippen LogP contribution in [0.5, 0.6) is 0 Å². The second-order valence-electron chi connectivity index (χ2n) is 7.24. The molecule has 3 rings (SSSR count). The minimum absolute atomic E-state index is 0.225. The Morgan fingerprint density at radius 1 is 1.43 bits per heavy atom. The molecular formula is C18H25N2O3+. The van der Waals surface area contributed by atoms with Crippen LogP contribution in [0.15, 0.2) is 24.4 Å². The van der Waals surface area contributed by atoms with Gasteiger partial charge in [0.05, 0.1) is 18.3 Å². The van der Waals surface area contributed by atoms with Crippen LogP contribution in [0.3, 0.4) is 0 Å². The molecule has 2 heterocycles. The first kappa shape index (κ1) is 16.0. The number of benzene rings is 1. The third-order valence-electron chi connectivity index (χ3n) is 4.30. The maximum Gasteiger partial charge on any atom is 0.410 e. The summed E-state index contributed by atoms with van der Waals surface area (Å²) in [5.74, 6) is 0. The Balaban J connectivity index is 1.75. The predicted molar refractivity (Wildman–Crippen MR) is 88.0 cm³/mol. The molecule has 2 aliphatic heterocycles. The average molecular weight is 317 g/mol. The lowest BCUT2D eigenvalue weighted by Gasteiger charge is -2.31. The summed E-state index contributed by atoms with van der Waals surface area (Å²) in [4.78, 5) is 14.0. The van der Waals surface area contributed by atoms with Crippen LogP contribution in [0.2, 0.25) is 0 Å². The molecule has 3 N–H and O–H groups in total. The van der Waals surface area contributed by atoms with Gasteiger partial charge in [0, 0.05) is 24.3 Å². The first-order valence-electron chi connectivity index (χ1n) is 8.18. The summed E-state index contributed by atoms with van der Waals surface area (Å²) in [7, 11) is 0. The Hall–Kier alpha value is -1.85. The summed E-state index contributed by atoms with van der Waals surface area (Å²) in [5.41, 5.74) is 2.60.